The molecule has 1 aliphatic heterocycles. The highest BCUT2D eigenvalue weighted by Crippen LogP contribution is 2.21. The summed E-state index contributed by atoms with van der Waals surface area (Å²) in [5.41, 5.74) is 1.91. The highest BCUT2D eigenvalue weighted by atomic mass is 16.2. The highest BCUT2D eigenvalue weighted by molar-refractivity contribution is 6.44. The summed E-state index contributed by atoms with van der Waals surface area (Å²) in [6, 6.07) is 18.7. The van der Waals surface area contributed by atoms with Gasteiger partial charge in [0.2, 0.25) is 5.91 Å². The lowest BCUT2D eigenvalue weighted by Crippen LogP contribution is -2.41. The molecule has 0 saturated carbocycles. The molecule has 5 heteroatoms. The molecule has 3 rings (SSSR count). The van der Waals surface area contributed by atoms with Crippen molar-refractivity contribution >= 4 is 28.9 Å². The summed E-state index contributed by atoms with van der Waals surface area (Å²) in [6.07, 6.45) is 0.649. The third kappa shape index (κ3) is 3.20. The first-order chi connectivity index (χ1) is 11.7. The van der Waals surface area contributed by atoms with E-state index >= 15 is 0 Å². The average molecular weight is 321 g/mol. The Hall–Kier alpha value is -2.95. The van der Waals surface area contributed by atoms with Gasteiger partial charge in [0.05, 0.1) is 5.69 Å². The normalized spacial score (nSPS) is 14.3. The zero-order chi connectivity index (χ0) is 16.9. The fraction of sp³-hybridized carbons (Fsp3) is 0.211. The van der Waals surface area contributed by atoms with Crippen LogP contribution in [0.2, 0.25) is 0 Å². The predicted molar refractivity (Wildman–Crippen MR) is 95.1 cm³/mol. The molecule has 2 aromatic rings. The summed E-state index contributed by atoms with van der Waals surface area (Å²) in [4.78, 5) is 26.7. The Labute approximate surface area is 141 Å². The fourth-order valence-electron chi connectivity index (χ4n) is 2.69. The van der Waals surface area contributed by atoms with Crippen LogP contribution in [-0.4, -0.2) is 24.1 Å². The van der Waals surface area contributed by atoms with Crippen molar-refractivity contribution in [1.29, 1.82) is 0 Å². The second kappa shape index (κ2) is 7.08. The van der Waals surface area contributed by atoms with E-state index in [2.05, 4.69) is 5.10 Å². The van der Waals surface area contributed by atoms with Crippen LogP contribution < -0.4 is 9.91 Å². The Balaban J connectivity index is 1.90. The molecule has 5 nitrogen and oxygen atoms in total. The van der Waals surface area contributed by atoms with Gasteiger partial charge >= 0.3 is 0 Å². The molecule has 0 fully saturated rings. The molecule has 2 amide bonds. The van der Waals surface area contributed by atoms with Gasteiger partial charge in [-0.25, -0.2) is 5.01 Å². The van der Waals surface area contributed by atoms with Crippen LogP contribution in [0.25, 0.3) is 0 Å². The van der Waals surface area contributed by atoms with Crippen molar-refractivity contribution in [3.05, 3.63) is 60.7 Å². The molecule has 0 atom stereocenters. The maximum Gasteiger partial charge on any atom is 0.274 e. The van der Waals surface area contributed by atoms with E-state index in [9.17, 15) is 9.59 Å². The molecule has 0 aromatic heterocycles. The Bertz CT molecular complexity index is 757. The van der Waals surface area contributed by atoms with E-state index in [0.29, 0.717) is 24.4 Å². The van der Waals surface area contributed by atoms with E-state index < -0.39 is 0 Å². The standard InChI is InChI=1S/C19H19N3O2/c1-2-21(15-9-5-3-6-10-15)19(24)17-13-14-18(23)22(20-17)16-11-7-4-8-12-16/h3-12H,2,13-14H2,1H3. The number of para-hydroxylation sites is 2. The Kier molecular flexibility index (Phi) is 4.70. The van der Waals surface area contributed by atoms with Gasteiger partial charge in [-0.3, -0.25) is 9.59 Å². The quantitative estimate of drug-likeness (QED) is 0.868. The molecule has 0 N–H and O–H groups in total. The number of nitrogens with zero attached hydrogens (tertiary/aromatic N) is 3. The molecule has 2 aromatic carbocycles. The predicted octanol–water partition coefficient (Wildman–Crippen LogP) is 3.22. The molecular formula is C19H19N3O2. The number of benzene rings is 2. The molecule has 24 heavy (non-hydrogen) atoms. The van der Waals surface area contributed by atoms with Crippen molar-refractivity contribution in [2.75, 3.05) is 16.5 Å². The largest absolute Gasteiger partial charge is 0.308 e. The zero-order valence-electron chi connectivity index (χ0n) is 13.6. The number of amides is 2. The van der Waals surface area contributed by atoms with Crippen LogP contribution in [0.5, 0.6) is 0 Å². The molecule has 0 unspecified atom stereocenters. The van der Waals surface area contributed by atoms with Gasteiger partial charge in [-0.05, 0) is 31.2 Å². The lowest BCUT2D eigenvalue weighted by Gasteiger charge is -2.26. The van der Waals surface area contributed by atoms with E-state index in [0.717, 1.165) is 5.69 Å². The maximum absolute atomic E-state index is 12.9. The summed E-state index contributed by atoms with van der Waals surface area (Å²) in [7, 11) is 0. The molecule has 0 aliphatic carbocycles. The summed E-state index contributed by atoms with van der Waals surface area (Å²) in [6.45, 7) is 2.47. The highest BCUT2D eigenvalue weighted by Gasteiger charge is 2.28. The van der Waals surface area contributed by atoms with Crippen LogP contribution >= 0.6 is 0 Å². The number of hydrazone groups is 1. The number of hydrogen-bond acceptors (Lipinski definition) is 3. The first-order valence-electron chi connectivity index (χ1n) is 8.03. The van der Waals surface area contributed by atoms with Crippen molar-refractivity contribution in [2.45, 2.75) is 19.8 Å². The van der Waals surface area contributed by atoms with Crippen molar-refractivity contribution in [2.24, 2.45) is 5.10 Å². The second-order valence-electron chi connectivity index (χ2n) is 5.47. The molecule has 1 aliphatic rings. The van der Waals surface area contributed by atoms with Crippen LogP contribution in [0.3, 0.4) is 0 Å². The number of carbonyl (C=O) groups is 2. The molecule has 0 saturated heterocycles. The monoisotopic (exact) mass is 321 g/mol. The van der Waals surface area contributed by atoms with Gasteiger partial charge in [0, 0.05) is 25.1 Å². The van der Waals surface area contributed by atoms with E-state index in [-0.39, 0.29) is 18.2 Å². The summed E-state index contributed by atoms with van der Waals surface area (Å²) < 4.78 is 0. The zero-order valence-corrected chi connectivity index (χ0v) is 13.6. The van der Waals surface area contributed by atoms with E-state index in [1.54, 1.807) is 4.90 Å². The first kappa shape index (κ1) is 15.9. The van der Waals surface area contributed by atoms with Gasteiger partial charge in [0.15, 0.2) is 0 Å². The Morgan fingerprint density at radius 1 is 1.04 bits per heavy atom. The summed E-state index contributed by atoms with van der Waals surface area (Å²) in [5, 5.41) is 5.67. The third-order valence-electron chi connectivity index (χ3n) is 3.91. The smallest absolute Gasteiger partial charge is 0.274 e. The fourth-order valence-corrected chi connectivity index (χ4v) is 2.69. The summed E-state index contributed by atoms with van der Waals surface area (Å²) >= 11 is 0. The van der Waals surface area contributed by atoms with Gasteiger partial charge in [-0.15, -0.1) is 0 Å². The number of rotatable bonds is 4. The van der Waals surface area contributed by atoms with Gasteiger partial charge in [0.25, 0.3) is 5.91 Å². The third-order valence-corrected chi connectivity index (χ3v) is 3.91. The lowest BCUT2D eigenvalue weighted by molar-refractivity contribution is -0.118. The van der Waals surface area contributed by atoms with Crippen LogP contribution in [0.4, 0.5) is 11.4 Å². The van der Waals surface area contributed by atoms with Crippen molar-refractivity contribution in [1.82, 2.24) is 0 Å². The van der Waals surface area contributed by atoms with Gasteiger partial charge in [0.1, 0.15) is 5.71 Å². The Morgan fingerprint density at radius 3 is 2.29 bits per heavy atom. The van der Waals surface area contributed by atoms with Crippen LogP contribution in [0.15, 0.2) is 65.8 Å². The minimum absolute atomic E-state index is 0.0968. The van der Waals surface area contributed by atoms with Crippen LogP contribution in [-0.2, 0) is 9.59 Å². The van der Waals surface area contributed by atoms with Crippen molar-refractivity contribution < 1.29 is 9.59 Å². The van der Waals surface area contributed by atoms with E-state index in [4.69, 9.17) is 0 Å². The number of anilines is 2. The average Bonchev–Trinajstić information content (AvgIpc) is 2.64. The van der Waals surface area contributed by atoms with Gasteiger partial charge in [-0.2, -0.15) is 5.10 Å². The van der Waals surface area contributed by atoms with Gasteiger partial charge < -0.3 is 4.90 Å². The molecule has 0 radical (unpaired) electrons. The maximum atomic E-state index is 12.9. The minimum Gasteiger partial charge on any atom is -0.308 e. The van der Waals surface area contributed by atoms with E-state index in [1.807, 2.05) is 67.6 Å². The molecule has 0 spiro atoms. The topological polar surface area (TPSA) is 53.0 Å². The van der Waals surface area contributed by atoms with Crippen molar-refractivity contribution in [3.63, 3.8) is 0 Å². The minimum atomic E-state index is -0.155. The SMILES string of the molecule is CCN(C(=O)C1=NN(c2ccccc2)C(=O)CC1)c1ccccc1. The summed E-state index contributed by atoms with van der Waals surface area (Å²) in [5.74, 6) is -0.252. The number of hydrogen-bond donors (Lipinski definition) is 0. The Morgan fingerprint density at radius 2 is 1.67 bits per heavy atom. The van der Waals surface area contributed by atoms with Crippen molar-refractivity contribution in [3.8, 4) is 0 Å². The van der Waals surface area contributed by atoms with E-state index in [1.165, 1.54) is 5.01 Å². The molecule has 0 bridgehead atoms. The molecular weight excluding hydrogens is 302 g/mol. The van der Waals surface area contributed by atoms with Crippen LogP contribution in [0.1, 0.15) is 19.8 Å². The molecule has 1 heterocycles. The van der Waals surface area contributed by atoms with Gasteiger partial charge in [-0.1, -0.05) is 36.4 Å². The number of carbonyl (C=O) groups excluding carboxylic acids is 2. The molecule has 122 valence electrons. The lowest BCUT2D eigenvalue weighted by atomic mass is 10.1. The van der Waals surface area contributed by atoms with Crippen LogP contribution in [0, 0.1) is 0 Å². The second-order valence-corrected chi connectivity index (χ2v) is 5.47. The first-order valence-corrected chi connectivity index (χ1v) is 8.03.